The van der Waals surface area contributed by atoms with Crippen LogP contribution in [0, 0.1) is 11.3 Å². The predicted octanol–water partition coefficient (Wildman–Crippen LogP) is 4.62. The van der Waals surface area contributed by atoms with Crippen LogP contribution >= 0.6 is 0 Å². The van der Waals surface area contributed by atoms with Crippen LogP contribution in [0.25, 0.3) is 17.4 Å². The summed E-state index contributed by atoms with van der Waals surface area (Å²) in [7, 11) is 0. The van der Waals surface area contributed by atoms with Crippen LogP contribution < -0.4 is 0 Å². The summed E-state index contributed by atoms with van der Waals surface area (Å²) in [4.78, 5) is 4.53. The Labute approximate surface area is 161 Å². The topological polar surface area (TPSA) is 92.8 Å². The van der Waals surface area contributed by atoms with Gasteiger partial charge in [-0.1, -0.05) is 18.2 Å². The molecule has 0 bridgehead atoms. The molecule has 1 aliphatic rings. The molecule has 0 atom stereocenters. The van der Waals surface area contributed by atoms with Crippen LogP contribution in [-0.4, -0.2) is 27.5 Å². The third-order valence-electron chi connectivity index (χ3n) is 4.49. The van der Waals surface area contributed by atoms with Crippen LogP contribution in [0.1, 0.15) is 11.3 Å². The van der Waals surface area contributed by atoms with Crippen molar-refractivity contribution in [1.29, 1.82) is 5.26 Å². The summed E-state index contributed by atoms with van der Waals surface area (Å²) in [5.74, 6) is 0.874. The van der Waals surface area contributed by atoms with Gasteiger partial charge in [-0.15, -0.1) is 0 Å². The van der Waals surface area contributed by atoms with Gasteiger partial charge < -0.3 is 9.52 Å². The highest BCUT2D eigenvalue weighted by Crippen LogP contribution is 2.34. The van der Waals surface area contributed by atoms with E-state index in [0.29, 0.717) is 45.2 Å². The number of nitriles is 1. The van der Waals surface area contributed by atoms with Gasteiger partial charge in [-0.05, 0) is 29.8 Å². The second kappa shape index (κ2) is 6.89. The maximum atomic E-state index is 10.1. The fraction of sp³-hybridized carbons (Fsp3) is 0.0455. The lowest BCUT2D eigenvalue weighted by atomic mass is 10.0. The predicted molar refractivity (Wildman–Crippen MR) is 105 cm³/mol. The third kappa shape index (κ3) is 3.17. The van der Waals surface area contributed by atoms with Crippen molar-refractivity contribution in [2.75, 3.05) is 0 Å². The number of fused-ring (bicyclic) bond motifs is 1. The molecule has 2 heterocycles. The van der Waals surface area contributed by atoms with Crippen LogP contribution in [0.2, 0.25) is 0 Å². The highest BCUT2D eigenvalue weighted by molar-refractivity contribution is 6.11. The monoisotopic (exact) mass is 370 g/mol. The quantitative estimate of drug-likeness (QED) is 0.230. The van der Waals surface area contributed by atoms with Gasteiger partial charge in [0.2, 0.25) is 0 Å². The molecule has 0 spiro atoms. The van der Waals surface area contributed by atoms with Gasteiger partial charge >= 0.3 is 0 Å². The zero-order chi connectivity index (χ0) is 19.7. The number of aliphatic imine (C=N–C) groups is 1. The molecule has 2 N–H and O–H groups in total. The van der Waals surface area contributed by atoms with Crippen LogP contribution in [0.3, 0.4) is 0 Å². The van der Waals surface area contributed by atoms with Crippen molar-refractivity contribution in [2.24, 2.45) is 4.99 Å². The number of hydrogen-bond donors (Lipinski definition) is 2. The van der Waals surface area contributed by atoms with Crippen LogP contribution in [0.5, 0.6) is 5.75 Å². The fourth-order valence-corrected chi connectivity index (χ4v) is 3.07. The number of furan rings is 1. The molecule has 3 aromatic rings. The summed E-state index contributed by atoms with van der Waals surface area (Å²) in [6, 6.07) is 17.9. The largest absolute Gasteiger partial charge is 0.507 e. The molecule has 0 amide bonds. The number of aromatic hydroxyl groups is 1. The van der Waals surface area contributed by atoms with Crippen LogP contribution in [0.15, 0.2) is 69.6 Å². The van der Waals surface area contributed by atoms with Gasteiger partial charge in [0.05, 0.1) is 22.5 Å². The average molecular weight is 370 g/mol. The van der Waals surface area contributed by atoms with Gasteiger partial charge in [-0.2, -0.15) is 5.26 Å². The summed E-state index contributed by atoms with van der Waals surface area (Å²) < 4.78 is 6.50. The van der Waals surface area contributed by atoms with Crippen molar-refractivity contribution in [3.63, 3.8) is 0 Å². The van der Waals surface area contributed by atoms with E-state index in [2.05, 4.69) is 17.8 Å². The number of allylic oxidation sites excluding steroid dienone is 1. The van der Waals surface area contributed by atoms with Crippen molar-refractivity contribution < 1.29 is 19.5 Å². The van der Waals surface area contributed by atoms with Gasteiger partial charge in [0.15, 0.2) is 6.72 Å². The number of nitrogens with zero attached hydrogens (tertiary/aromatic N) is 3. The highest BCUT2D eigenvalue weighted by atomic mass is 16.5. The van der Waals surface area contributed by atoms with E-state index < -0.39 is 0 Å². The molecule has 136 valence electrons. The molecule has 6 nitrogen and oxygen atoms in total. The third-order valence-corrected chi connectivity index (χ3v) is 4.49. The number of para-hydroxylation sites is 1. The first-order valence-corrected chi connectivity index (χ1v) is 8.55. The molecule has 0 fully saturated rings. The minimum absolute atomic E-state index is 0.00611. The Morgan fingerprint density at radius 1 is 1.21 bits per heavy atom. The zero-order valence-corrected chi connectivity index (χ0v) is 14.8. The smallest absolute Gasteiger partial charge is 0.257 e. The molecule has 0 aliphatic carbocycles. The molecule has 1 aromatic heterocycles. The average Bonchev–Trinajstić information content (AvgIpc) is 3.33. The molecule has 0 unspecified atom stereocenters. The van der Waals surface area contributed by atoms with Gasteiger partial charge in [-0.25, -0.2) is 0 Å². The second-order valence-corrected chi connectivity index (χ2v) is 6.34. The number of phenolic OH excluding ortho intramolecular Hbond substituents is 1. The Hall–Kier alpha value is -4.11. The zero-order valence-electron chi connectivity index (χ0n) is 14.8. The van der Waals surface area contributed by atoms with Crippen LogP contribution in [-0.2, 0) is 6.42 Å². The minimum Gasteiger partial charge on any atom is -0.507 e. The van der Waals surface area contributed by atoms with E-state index in [1.807, 2.05) is 24.3 Å². The lowest BCUT2D eigenvalue weighted by Crippen LogP contribution is -2.00. The van der Waals surface area contributed by atoms with E-state index >= 15 is 0 Å². The van der Waals surface area contributed by atoms with E-state index in [9.17, 15) is 15.6 Å². The van der Waals surface area contributed by atoms with E-state index in [-0.39, 0.29) is 5.75 Å². The van der Waals surface area contributed by atoms with E-state index in [1.54, 1.807) is 24.3 Å². The number of phenols is 1. The standard InChI is InChI=1S/C22H15N3O3/c1-25(27)16-6-8-21(26)18(12-16)22-9-7-17(28-22)10-15(13-23)20-11-14-4-2-3-5-19(14)24-20/h2-10,12H,1,11H2,(H-,24,26,27)/p+1. The maximum absolute atomic E-state index is 10.1. The minimum atomic E-state index is 0.00611. The molecule has 0 saturated carbocycles. The summed E-state index contributed by atoms with van der Waals surface area (Å²) >= 11 is 0. The molecular weight excluding hydrogens is 354 g/mol. The van der Waals surface area contributed by atoms with Crippen molar-refractivity contribution in [3.8, 4) is 23.1 Å². The lowest BCUT2D eigenvalue weighted by molar-refractivity contribution is -0.706. The van der Waals surface area contributed by atoms with Crippen molar-refractivity contribution in [1.82, 2.24) is 0 Å². The lowest BCUT2D eigenvalue weighted by Gasteiger charge is -2.01. The van der Waals surface area contributed by atoms with Gasteiger partial charge in [0.1, 0.15) is 23.3 Å². The van der Waals surface area contributed by atoms with Gasteiger partial charge in [0, 0.05) is 29.4 Å². The van der Waals surface area contributed by atoms with Crippen LogP contribution in [0.4, 0.5) is 11.4 Å². The van der Waals surface area contributed by atoms with Crippen molar-refractivity contribution in [3.05, 3.63) is 71.5 Å². The number of benzene rings is 2. The Balaban J connectivity index is 1.66. The Morgan fingerprint density at radius 3 is 2.79 bits per heavy atom. The van der Waals surface area contributed by atoms with Gasteiger partial charge in [0.25, 0.3) is 5.69 Å². The number of rotatable bonds is 4. The first kappa shape index (κ1) is 17.3. The Morgan fingerprint density at radius 2 is 2.04 bits per heavy atom. The SMILES string of the molecule is C=[N+](O)c1ccc(O)c(-c2ccc(/C=C(\C#N)C3=Nc4ccccc4C3)o2)c1. The first-order chi connectivity index (χ1) is 13.5. The highest BCUT2D eigenvalue weighted by Gasteiger charge is 2.18. The molecule has 2 aromatic carbocycles. The Bertz CT molecular complexity index is 1200. The molecular formula is C22H16N3O3+. The summed E-state index contributed by atoms with van der Waals surface area (Å²) in [6.07, 6.45) is 2.23. The maximum Gasteiger partial charge on any atom is 0.257 e. The normalized spacial score (nSPS) is 13.0. The van der Waals surface area contributed by atoms with Crippen molar-refractivity contribution in [2.45, 2.75) is 6.42 Å². The molecule has 28 heavy (non-hydrogen) atoms. The molecule has 6 heteroatoms. The Kier molecular flexibility index (Phi) is 4.26. The molecule has 0 radical (unpaired) electrons. The number of hydrogen-bond acceptors (Lipinski definition) is 5. The fourth-order valence-electron chi connectivity index (χ4n) is 3.07. The summed E-state index contributed by atoms with van der Waals surface area (Å²) in [5, 5.41) is 29.2. The van der Waals surface area contributed by atoms with E-state index in [0.717, 1.165) is 11.3 Å². The molecule has 4 rings (SSSR count). The van der Waals surface area contributed by atoms with Crippen molar-refractivity contribution >= 4 is 29.9 Å². The molecule has 0 saturated heterocycles. The van der Waals surface area contributed by atoms with E-state index in [1.165, 1.54) is 12.1 Å². The summed E-state index contributed by atoms with van der Waals surface area (Å²) in [6.45, 7) is 3.41. The van der Waals surface area contributed by atoms with Gasteiger partial charge in [-0.3, -0.25) is 10.2 Å². The first-order valence-electron chi connectivity index (χ1n) is 8.55. The molecule has 1 aliphatic heterocycles. The summed E-state index contributed by atoms with van der Waals surface area (Å²) in [5.41, 5.74) is 3.89. The van der Waals surface area contributed by atoms with E-state index in [4.69, 9.17) is 4.42 Å². The second-order valence-electron chi connectivity index (χ2n) is 6.34.